The van der Waals surface area contributed by atoms with Crippen LogP contribution in [0.4, 0.5) is 5.82 Å². The number of carboxylic acid groups (broad SMARTS) is 1. The van der Waals surface area contributed by atoms with E-state index in [1.165, 1.54) is 12.8 Å². The van der Waals surface area contributed by atoms with Crippen molar-refractivity contribution in [3.63, 3.8) is 0 Å². The minimum absolute atomic E-state index is 0.105. The fourth-order valence-electron chi connectivity index (χ4n) is 3.33. The van der Waals surface area contributed by atoms with Crippen molar-refractivity contribution in [1.29, 1.82) is 0 Å². The molecule has 0 radical (unpaired) electrons. The molecule has 1 aromatic heterocycles. The summed E-state index contributed by atoms with van der Waals surface area (Å²) in [6, 6.07) is 1.73. The summed E-state index contributed by atoms with van der Waals surface area (Å²) in [6.07, 6.45) is 8.21. The van der Waals surface area contributed by atoms with E-state index in [4.69, 9.17) is 0 Å². The molecule has 7 nitrogen and oxygen atoms in total. The van der Waals surface area contributed by atoms with Crippen molar-refractivity contribution in [3.8, 4) is 0 Å². The fraction of sp³-hybridized carbons (Fsp3) is 0.688. The van der Waals surface area contributed by atoms with Gasteiger partial charge in [0.05, 0.1) is 18.8 Å². The SMILES string of the molecule is CC(C(=O)O)N(CC(=O)Nc1ccnn1C1CCCC1)C1CC1. The lowest BCUT2D eigenvalue weighted by atomic mass is 10.2. The fourth-order valence-corrected chi connectivity index (χ4v) is 3.33. The zero-order valence-electron chi connectivity index (χ0n) is 13.4. The molecule has 0 bridgehead atoms. The Balaban J connectivity index is 1.62. The number of aromatic nitrogens is 2. The molecular weight excluding hydrogens is 296 g/mol. The molecule has 0 saturated heterocycles. The van der Waals surface area contributed by atoms with Crippen molar-refractivity contribution in [3.05, 3.63) is 12.3 Å². The number of amides is 1. The predicted octanol–water partition coefficient (Wildman–Crippen LogP) is 1.87. The number of rotatable bonds is 7. The minimum Gasteiger partial charge on any atom is -0.480 e. The van der Waals surface area contributed by atoms with Crippen LogP contribution in [-0.4, -0.2) is 50.3 Å². The van der Waals surface area contributed by atoms with Gasteiger partial charge in [0.15, 0.2) is 0 Å². The lowest BCUT2D eigenvalue weighted by Crippen LogP contribution is -2.45. The van der Waals surface area contributed by atoms with Gasteiger partial charge >= 0.3 is 5.97 Å². The Hall–Kier alpha value is -1.89. The molecule has 3 rings (SSSR count). The molecule has 1 heterocycles. The van der Waals surface area contributed by atoms with E-state index in [0.29, 0.717) is 11.9 Å². The maximum Gasteiger partial charge on any atom is 0.320 e. The number of nitrogens with one attached hydrogen (secondary N) is 1. The van der Waals surface area contributed by atoms with Gasteiger partial charge in [-0.1, -0.05) is 12.8 Å². The lowest BCUT2D eigenvalue weighted by molar-refractivity contribution is -0.143. The largest absolute Gasteiger partial charge is 0.480 e. The van der Waals surface area contributed by atoms with E-state index in [-0.39, 0.29) is 18.5 Å². The molecule has 2 N–H and O–H groups in total. The third-order valence-electron chi connectivity index (χ3n) is 4.81. The van der Waals surface area contributed by atoms with Crippen LogP contribution in [-0.2, 0) is 9.59 Å². The molecule has 2 aliphatic rings. The topological polar surface area (TPSA) is 87.5 Å². The van der Waals surface area contributed by atoms with Crippen LogP contribution in [0.25, 0.3) is 0 Å². The van der Waals surface area contributed by atoms with Crippen molar-refractivity contribution < 1.29 is 14.7 Å². The number of aliphatic carboxylic acids is 1. The van der Waals surface area contributed by atoms with Gasteiger partial charge in [-0.05, 0) is 32.6 Å². The molecule has 1 unspecified atom stereocenters. The number of hydrogen-bond donors (Lipinski definition) is 2. The molecule has 0 aromatic carbocycles. The molecule has 1 amide bonds. The number of carboxylic acids is 1. The Labute approximate surface area is 135 Å². The lowest BCUT2D eigenvalue weighted by Gasteiger charge is -2.25. The number of carbonyl (C=O) groups excluding carboxylic acids is 1. The maximum atomic E-state index is 12.4. The Morgan fingerprint density at radius 2 is 2.09 bits per heavy atom. The van der Waals surface area contributed by atoms with Crippen LogP contribution in [0.5, 0.6) is 0 Å². The number of hydrogen-bond acceptors (Lipinski definition) is 4. The maximum absolute atomic E-state index is 12.4. The van der Waals surface area contributed by atoms with Gasteiger partial charge in [0.2, 0.25) is 5.91 Å². The smallest absolute Gasteiger partial charge is 0.320 e. The van der Waals surface area contributed by atoms with Crippen LogP contribution in [0, 0.1) is 0 Å². The highest BCUT2D eigenvalue weighted by Gasteiger charge is 2.36. The quantitative estimate of drug-likeness (QED) is 0.801. The molecule has 23 heavy (non-hydrogen) atoms. The van der Waals surface area contributed by atoms with Gasteiger partial charge in [-0.25, -0.2) is 4.68 Å². The van der Waals surface area contributed by atoms with Crippen molar-refractivity contribution in [1.82, 2.24) is 14.7 Å². The highest BCUT2D eigenvalue weighted by molar-refractivity contribution is 5.92. The summed E-state index contributed by atoms with van der Waals surface area (Å²) in [5, 5.41) is 16.4. The van der Waals surface area contributed by atoms with E-state index in [1.807, 2.05) is 4.68 Å². The van der Waals surface area contributed by atoms with Crippen LogP contribution in [0.15, 0.2) is 12.3 Å². The third kappa shape index (κ3) is 3.72. The minimum atomic E-state index is -0.888. The van der Waals surface area contributed by atoms with E-state index in [0.717, 1.165) is 25.7 Å². The van der Waals surface area contributed by atoms with E-state index in [1.54, 1.807) is 24.1 Å². The van der Waals surface area contributed by atoms with Crippen molar-refractivity contribution in [2.75, 3.05) is 11.9 Å². The Morgan fingerprint density at radius 1 is 1.39 bits per heavy atom. The second kappa shape index (κ2) is 6.70. The Morgan fingerprint density at radius 3 is 2.70 bits per heavy atom. The van der Waals surface area contributed by atoms with Crippen LogP contribution >= 0.6 is 0 Å². The summed E-state index contributed by atoms with van der Waals surface area (Å²) in [5.41, 5.74) is 0. The summed E-state index contributed by atoms with van der Waals surface area (Å²) in [7, 11) is 0. The van der Waals surface area contributed by atoms with E-state index >= 15 is 0 Å². The Kier molecular flexibility index (Phi) is 4.66. The highest BCUT2D eigenvalue weighted by atomic mass is 16.4. The van der Waals surface area contributed by atoms with Crippen LogP contribution in [0.1, 0.15) is 51.5 Å². The predicted molar refractivity (Wildman–Crippen MR) is 85.2 cm³/mol. The van der Waals surface area contributed by atoms with E-state index in [9.17, 15) is 14.7 Å². The summed E-state index contributed by atoms with van der Waals surface area (Å²) < 4.78 is 1.90. The van der Waals surface area contributed by atoms with Crippen molar-refractivity contribution in [2.24, 2.45) is 0 Å². The zero-order valence-corrected chi connectivity index (χ0v) is 13.4. The molecule has 7 heteroatoms. The number of carbonyl (C=O) groups is 2. The van der Waals surface area contributed by atoms with Gasteiger partial charge in [-0.3, -0.25) is 14.5 Å². The molecule has 2 fully saturated rings. The van der Waals surface area contributed by atoms with Gasteiger partial charge in [-0.15, -0.1) is 0 Å². The van der Waals surface area contributed by atoms with E-state index in [2.05, 4.69) is 10.4 Å². The summed E-state index contributed by atoms with van der Waals surface area (Å²) >= 11 is 0. The van der Waals surface area contributed by atoms with Gasteiger partial charge in [0.25, 0.3) is 0 Å². The summed E-state index contributed by atoms with van der Waals surface area (Å²) in [5.74, 6) is -0.355. The van der Waals surface area contributed by atoms with Gasteiger partial charge in [0.1, 0.15) is 11.9 Å². The van der Waals surface area contributed by atoms with Crippen molar-refractivity contribution >= 4 is 17.7 Å². The molecule has 126 valence electrons. The first-order valence-electron chi connectivity index (χ1n) is 8.38. The molecule has 0 spiro atoms. The van der Waals surface area contributed by atoms with Crippen LogP contribution in [0.2, 0.25) is 0 Å². The summed E-state index contributed by atoms with van der Waals surface area (Å²) in [6.45, 7) is 1.74. The average Bonchev–Trinajstić information content (AvgIpc) is 3.01. The molecule has 1 atom stereocenters. The van der Waals surface area contributed by atoms with Gasteiger partial charge < -0.3 is 10.4 Å². The first-order chi connectivity index (χ1) is 11.1. The van der Waals surface area contributed by atoms with Crippen LogP contribution < -0.4 is 5.32 Å². The van der Waals surface area contributed by atoms with Crippen molar-refractivity contribution in [2.45, 2.75) is 63.6 Å². The second-order valence-corrected chi connectivity index (χ2v) is 6.57. The average molecular weight is 320 g/mol. The normalized spacial score (nSPS) is 19.9. The van der Waals surface area contributed by atoms with Crippen LogP contribution in [0.3, 0.4) is 0 Å². The highest BCUT2D eigenvalue weighted by Crippen LogP contribution is 2.31. The Bertz CT molecular complexity index is 576. The standard InChI is InChI=1S/C16H24N4O3/c1-11(16(22)23)19(12-6-7-12)10-15(21)18-14-8-9-17-20(14)13-4-2-3-5-13/h8-9,11-13H,2-7,10H2,1H3,(H,18,21)(H,22,23). The number of anilines is 1. The number of nitrogens with zero attached hydrogens (tertiary/aromatic N) is 3. The van der Waals surface area contributed by atoms with E-state index < -0.39 is 12.0 Å². The molecule has 1 aromatic rings. The third-order valence-corrected chi connectivity index (χ3v) is 4.81. The molecule has 2 saturated carbocycles. The second-order valence-electron chi connectivity index (χ2n) is 6.57. The molecule has 0 aliphatic heterocycles. The summed E-state index contributed by atoms with van der Waals surface area (Å²) in [4.78, 5) is 25.3. The first-order valence-corrected chi connectivity index (χ1v) is 8.38. The monoisotopic (exact) mass is 320 g/mol. The molecular formula is C16H24N4O3. The van der Waals surface area contributed by atoms with Gasteiger partial charge in [0, 0.05) is 12.1 Å². The first kappa shape index (κ1) is 16.0. The molecule has 2 aliphatic carbocycles. The zero-order chi connectivity index (χ0) is 16.4. The van der Waals surface area contributed by atoms with Gasteiger partial charge in [-0.2, -0.15) is 5.10 Å².